The Labute approximate surface area is 125 Å². The molecule has 0 saturated heterocycles. The molecule has 0 bridgehead atoms. The molecule has 0 aliphatic rings. The molecule has 112 valence electrons. The molecule has 0 atom stereocenters. The Morgan fingerprint density at radius 1 is 1.00 bits per heavy atom. The van der Waals surface area contributed by atoms with E-state index in [4.69, 9.17) is 5.11 Å². The van der Waals surface area contributed by atoms with Crippen LogP contribution < -0.4 is 4.72 Å². The molecule has 2 aromatic rings. The van der Waals surface area contributed by atoms with Crippen LogP contribution >= 0.6 is 0 Å². The van der Waals surface area contributed by atoms with Gasteiger partial charge in [-0.05, 0) is 61.2 Å². The van der Waals surface area contributed by atoms with Crippen molar-refractivity contribution in [2.75, 3.05) is 11.3 Å². The minimum absolute atomic E-state index is 0.0485. The first-order valence-corrected chi connectivity index (χ1v) is 8.20. The molecule has 0 aliphatic carbocycles. The van der Waals surface area contributed by atoms with Crippen LogP contribution in [0.5, 0.6) is 0 Å². The summed E-state index contributed by atoms with van der Waals surface area (Å²) < 4.78 is 27.3. The zero-order valence-corrected chi connectivity index (χ0v) is 12.9. The molecule has 0 saturated carbocycles. The third-order valence-electron chi connectivity index (χ3n) is 3.11. The first kappa shape index (κ1) is 15.5. The van der Waals surface area contributed by atoms with Gasteiger partial charge in [0, 0.05) is 12.3 Å². The molecule has 2 aromatic carbocycles. The number of rotatable bonds is 5. The van der Waals surface area contributed by atoms with Crippen LogP contribution in [0.4, 0.5) is 5.69 Å². The number of anilines is 1. The number of sulfonamides is 1. The van der Waals surface area contributed by atoms with E-state index in [2.05, 4.69) is 4.72 Å². The lowest BCUT2D eigenvalue weighted by Gasteiger charge is -2.10. The second kappa shape index (κ2) is 6.28. The summed E-state index contributed by atoms with van der Waals surface area (Å²) >= 11 is 0. The van der Waals surface area contributed by atoms with Crippen molar-refractivity contribution in [3.63, 3.8) is 0 Å². The van der Waals surface area contributed by atoms with Crippen molar-refractivity contribution in [2.45, 2.75) is 25.2 Å². The summed E-state index contributed by atoms with van der Waals surface area (Å²) in [5.74, 6) is 0. The molecule has 0 amide bonds. The van der Waals surface area contributed by atoms with Crippen molar-refractivity contribution in [2.24, 2.45) is 0 Å². The van der Waals surface area contributed by atoms with E-state index >= 15 is 0 Å². The first-order chi connectivity index (χ1) is 9.90. The molecule has 0 heterocycles. The molecule has 0 spiro atoms. The molecule has 0 aliphatic heterocycles. The van der Waals surface area contributed by atoms with Gasteiger partial charge in [-0.2, -0.15) is 0 Å². The van der Waals surface area contributed by atoms with Crippen molar-refractivity contribution in [3.05, 3.63) is 59.2 Å². The molecular formula is C16H19NO3S. The van der Waals surface area contributed by atoms with Gasteiger partial charge in [-0.25, -0.2) is 8.42 Å². The maximum Gasteiger partial charge on any atom is 0.261 e. The fraction of sp³-hybridized carbons (Fsp3) is 0.250. The highest BCUT2D eigenvalue weighted by Gasteiger charge is 2.14. The van der Waals surface area contributed by atoms with E-state index in [1.54, 1.807) is 36.4 Å². The minimum atomic E-state index is -3.59. The Morgan fingerprint density at radius 2 is 1.57 bits per heavy atom. The van der Waals surface area contributed by atoms with E-state index in [9.17, 15) is 8.42 Å². The lowest BCUT2D eigenvalue weighted by atomic mass is 10.1. The Kier molecular flexibility index (Phi) is 4.65. The summed E-state index contributed by atoms with van der Waals surface area (Å²) in [7, 11) is -3.59. The van der Waals surface area contributed by atoms with Gasteiger partial charge in [-0.3, -0.25) is 4.72 Å². The van der Waals surface area contributed by atoms with Crippen molar-refractivity contribution < 1.29 is 13.5 Å². The molecule has 5 heteroatoms. The highest BCUT2D eigenvalue weighted by atomic mass is 32.2. The molecule has 2 rings (SSSR count). The summed E-state index contributed by atoms with van der Waals surface area (Å²) in [5, 5.41) is 8.87. The first-order valence-electron chi connectivity index (χ1n) is 6.71. The lowest BCUT2D eigenvalue weighted by molar-refractivity contribution is 0.299. The average molecular weight is 305 g/mol. The molecule has 0 radical (unpaired) electrons. The second-order valence-electron chi connectivity index (χ2n) is 5.10. The number of hydrogen-bond acceptors (Lipinski definition) is 3. The van der Waals surface area contributed by atoms with Crippen LogP contribution in [-0.2, 0) is 16.4 Å². The van der Waals surface area contributed by atoms with Crippen LogP contribution in [0.3, 0.4) is 0 Å². The van der Waals surface area contributed by atoms with E-state index in [1.165, 1.54) is 0 Å². The normalized spacial score (nSPS) is 11.4. The van der Waals surface area contributed by atoms with Gasteiger partial charge in [0.15, 0.2) is 0 Å². The lowest BCUT2D eigenvalue weighted by Crippen LogP contribution is -2.13. The Balaban J connectivity index is 2.25. The van der Waals surface area contributed by atoms with Gasteiger partial charge < -0.3 is 5.11 Å². The van der Waals surface area contributed by atoms with E-state index in [-0.39, 0.29) is 11.5 Å². The van der Waals surface area contributed by atoms with Crippen LogP contribution in [0.25, 0.3) is 0 Å². The summed E-state index contributed by atoms with van der Waals surface area (Å²) in [5.41, 5.74) is 3.48. The molecule has 0 unspecified atom stereocenters. The number of aryl methyl sites for hydroxylation is 2. The van der Waals surface area contributed by atoms with Crippen molar-refractivity contribution in [1.82, 2.24) is 0 Å². The summed E-state index contributed by atoms with van der Waals surface area (Å²) in [4.78, 5) is 0.211. The minimum Gasteiger partial charge on any atom is -0.396 e. The predicted molar refractivity (Wildman–Crippen MR) is 84.0 cm³/mol. The Morgan fingerprint density at radius 3 is 2.10 bits per heavy atom. The zero-order chi connectivity index (χ0) is 15.5. The second-order valence-corrected chi connectivity index (χ2v) is 6.78. The van der Waals surface area contributed by atoms with Crippen LogP contribution in [0.1, 0.15) is 16.7 Å². The van der Waals surface area contributed by atoms with Crippen LogP contribution in [-0.4, -0.2) is 20.1 Å². The number of aliphatic hydroxyl groups is 1. The Hall–Kier alpha value is -1.85. The third kappa shape index (κ3) is 4.06. The monoisotopic (exact) mass is 305 g/mol. The topological polar surface area (TPSA) is 66.4 Å². The maximum absolute atomic E-state index is 12.3. The number of benzene rings is 2. The SMILES string of the molecule is Cc1cc(C)cc(NS(=O)(=O)c2ccc(CCO)cc2)c1. The van der Waals surface area contributed by atoms with Crippen LogP contribution in [0.2, 0.25) is 0 Å². The summed E-state index contributed by atoms with van der Waals surface area (Å²) in [6, 6.07) is 12.1. The number of hydrogen-bond donors (Lipinski definition) is 2. The third-order valence-corrected chi connectivity index (χ3v) is 4.51. The average Bonchev–Trinajstić information content (AvgIpc) is 2.38. The predicted octanol–water partition coefficient (Wildman–Crippen LogP) is 2.64. The van der Waals surface area contributed by atoms with Crippen molar-refractivity contribution in [1.29, 1.82) is 0 Å². The van der Waals surface area contributed by atoms with Gasteiger partial charge >= 0.3 is 0 Å². The molecule has 4 nitrogen and oxygen atoms in total. The summed E-state index contributed by atoms with van der Waals surface area (Å²) in [6.45, 7) is 3.90. The van der Waals surface area contributed by atoms with Crippen LogP contribution in [0, 0.1) is 13.8 Å². The van der Waals surface area contributed by atoms with Gasteiger partial charge in [0.25, 0.3) is 10.0 Å². The fourth-order valence-electron chi connectivity index (χ4n) is 2.21. The van der Waals surface area contributed by atoms with Gasteiger partial charge in [-0.15, -0.1) is 0 Å². The van der Waals surface area contributed by atoms with Gasteiger partial charge in [0.05, 0.1) is 4.90 Å². The van der Waals surface area contributed by atoms with Crippen LogP contribution in [0.15, 0.2) is 47.4 Å². The van der Waals surface area contributed by atoms with Gasteiger partial charge in [-0.1, -0.05) is 18.2 Å². The number of aliphatic hydroxyl groups excluding tert-OH is 1. The van der Waals surface area contributed by atoms with Crippen molar-refractivity contribution >= 4 is 15.7 Å². The number of nitrogens with one attached hydrogen (secondary N) is 1. The molecule has 2 N–H and O–H groups in total. The molecular weight excluding hydrogens is 286 g/mol. The quantitative estimate of drug-likeness (QED) is 0.892. The highest BCUT2D eigenvalue weighted by Crippen LogP contribution is 2.19. The Bertz CT molecular complexity index is 701. The van der Waals surface area contributed by atoms with E-state index in [0.717, 1.165) is 16.7 Å². The molecule has 0 aromatic heterocycles. The highest BCUT2D eigenvalue weighted by molar-refractivity contribution is 7.92. The maximum atomic E-state index is 12.3. The fourth-order valence-corrected chi connectivity index (χ4v) is 3.25. The van der Waals surface area contributed by atoms with E-state index in [1.807, 2.05) is 19.9 Å². The van der Waals surface area contributed by atoms with E-state index in [0.29, 0.717) is 12.1 Å². The van der Waals surface area contributed by atoms with Crippen molar-refractivity contribution in [3.8, 4) is 0 Å². The molecule has 21 heavy (non-hydrogen) atoms. The molecule has 0 fully saturated rings. The zero-order valence-electron chi connectivity index (χ0n) is 12.1. The van der Waals surface area contributed by atoms with Gasteiger partial charge in [0.1, 0.15) is 0 Å². The summed E-state index contributed by atoms with van der Waals surface area (Å²) in [6.07, 6.45) is 0.519. The standard InChI is InChI=1S/C16H19NO3S/c1-12-9-13(2)11-15(10-12)17-21(19,20)16-5-3-14(4-6-16)7-8-18/h3-6,9-11,17-18H,7-8H2,1-2H3. The van der Waals surface area contributed by atoms with Gasteiger partial charge in [0.2, 0.25) is 0 Å². The van der Waals surface area contributed by atoms with E-state index < -0.39 is 10.0 Å². The largest absolute Gasteiger partial charge is 0.396 e. The smallest absolute Gasteiger partial charge is 0.261 e.